The van der Waals surface area contributed by atoms with Crippen molar-refractivity contribution in [3.05, 3.63) is 17.6 Å². The van der Waals surface area contributed by atoms with Crippen LogP contribution >= 0.6 is 0 Å². The maximum atomic E-state index is 13.0. The van der Waals surface area contributed by atoms with E-state index in [4.69, 9.17) is 0 Å². The topological polar surface area (TPSA) is 66.6 Å². The van der Waals surface area contributed by atoms with Crippen molar-refractivity contribution >= 4 is 17.5 Å². The van der Waals surface area contributed by atoms with Crippen molar-refractivity contribution in [2.45, 2.75) is 45.2 Å². The molecule has 0 bridgehead atoms. The lowest BCUT2D eigenvalue weighted by Crippen LogP contribution is -2.43. The van der Waals surface area contributed by atoms with Gasteiger partial charge in [-0.2, -0.15) is 22.7 Å². The number of likely N-dealkylation sites (tertiary alicyclic amines) is 1. The van der Waals surface area contributed by atoms with Gasteiger partial charge in [-0.25, -0.2) is 4.98 Å². The predicted molar refractivity (Wildman–Crippen MR) is 95.9 cm³/mol. The number of piperidine rings is 2. The summed E-state index contributed by atoms with van der Waals surface area (Å²) in [6, 6.07) is 1.75. The number of nitrogens with zero attached hydrogens (tertiary/aromatic N) is 6. The second-order valence-electron chi connectivity index (χ2n) is 7.63. The summed E-state index contributed by atoms with van der Waals surface area (Å²) in [5.41, 5.74) is 0.602. The van der Waals surface area contributed by atoms with Crippen LogP contribution in [0.4, 0.5) is 19.0 Å². The van der Waals surface area contributed by atoms with Gasteiger partial charge in [0.1, 0.15) is 5.82 Å². The molecule has 0 saturated carbocycles. The summed E-state index contributed by atoms with van der Waals surface area (Å²) in [5.74, 6) is 0.0207. The number of hydrogen-bond acceptors (Lipinski definition) is 5. The summed E-state index contributed by atoms with van der Waals surface area (Å²) < 4.78 is 40.2. The minimum absolute atomic E-state index is 0.0386. The predicted octanol–water partition coefficient (Wildman–Crippen LogP) is 2.68. The molecule has 2 aliphatic heterocycles. The highest BCUT2D eigenvalue weighted by molar-refractivity contribution is 5.76. The van der Waals surface area contributed by atoms with Crippen LogP contribution in [0.15, 0.2) is 6.07 Å². The minimum Gasteiger partial charge on any atom is -0.356 e. The van der Waals surface area contributed by atoms with E-state index in [0.29, 0.717) is 36.9 Å². The van der Waals surface area contributed by atoms with E-state index in [9.17, 15) is 18.0 Å². The Morgan fingerprint density at radius 3 is 2.57 bits per heavy atom. The Bertz CT molecular complexity index is 872. The number of fused-ring (bicyclic) bond motifs is 1. The van der Waals surface area contributed by atoms with Crippen molar-refractivity contribution < 1.29 is 18.0 Å². The zero-order valence-corrected chi connectivity index (χ0v) is 15.7. The summed E-state index contributed by atoms with van der Waals surface area (Å²) in [7, 11) is 0. The first-order valence-corrected chi connectivity index (χ1v) is 9.65. The van der Waals surface area contributed by atoms with Crippen molar-refractivity contribution in [1.82, 2.24) is 24.5 Å². The Balaban J connectivity index is 1.49. The van der Waals surface area contributed by atoms with Gasteiger partial charge < -0.3 is 9.80 Å². The van der Waals surface area contributed by atoms with Gasteiger partial charge in [-0.15, -0.1) is 5.10 Å². The van der Waals surface area contributed by atoms with E-state index < -0.39 is 12.0 Å². The van der Waals surface area contributed by atoms with E-state index in [0.717, 1.165) is 38.8 Å². The van der Waals surface area contributed by atoms with Crippen molar-refractivity contribution in [2.24, 2.45) is 5.92 Å². The van der Waals surface area contributed by atoms with Gasteiger partial charge in [0.15, 0.2) is 0 Å². The number of carbonyl (C=O) groups is 1. The molecule has 0 aromatic carbocycles. The summed E-state index contributed by atoms with van der Waals surface area (Å²) in [6.07, 6.45) is -0.162. The third-order valence-corrected chi connectivity index (χ3v) is 5.51. The summed E-state index contributed by atoms with van der Waals surface area (Å²) >= 11 is 0. The molecule has 7 nitrogen and oxygen atoms in total. The van der Waals surface area contributed by atoms with Gasteiger partial charge in [0.2, 0.25) is 5.91 Å². The Labute approximate surface area is 160 Å². The molecule has 0 spiro atoms. The second kappa shape index (κ2) is 7.21. The SMILES string of the molecule is Cc1cc(N2CCC(CN3CCCCC3=O)CC2)n2nc(C(F)(F)F)nc2n1. The molecule has 4 rings (SSSR count). The Hall–Kier alpha value is -2.39. The van der Waals surface area contributed by atoms with E-state index in [2.05, 4.69) is 15.1 Å². The molecular weight excluding hydrogens is 373 g/mol. The van der Waals surface area contributed by atoms with E-state index in [1.165, 1.54) is 4.52 Å². The van der Waals surface area contributed by atoms with Gasteiger partial charge in [0.25, 0.3) is 11.6 Å². The number of carbonyl (C=O) groups excluding carboxylic acids is 1. The smallest absolute Gasteiger partial charge is 0.356 e. The summed E-state index contributed by atoms with van der Waals surface area (Å²) in [4.78, 5) is 23.6. The van der Waals surface area contributed by atoms with Crippen molar-refractivity contribution in [1.29, 1.82) is 0 Å². The standard InChI is InChI=1S/C18H23F3N6O/c1-12-10-14(27-17(22-12)23-16(24-27)18(19,20)21)25-8-5-13(6-9-25)11-26-7-3-2-4-15(26)28/h10,13H,2-9,11H2,1H3. The lowest BCUT2D eigenvalue weighted by molar-refractivity contribution is -0.144. The Morgan fingerprint density at radius 2 is 1.89 bits per heavy atom. The molecule has 2 aromatic heterocycles. The number of alkyl halides is 3. The highest BCUT2D eigenvalue weighted by atomic mass is 19.4. The third kappa shape index (κ3) is 3.77. The van der Waals surface area contributed by atoms with Crippen molar-refractivity contribution in [3.8, 4) is 0 Å². The summed E-state index contributed by atoms with van der Waals surface area (Å²) in [5, 5.41) is 3.65. The minimum atomic E-state index is -4.60. The highest BCUT2D eigenvalue weighted by Gasteiger charge is 2.37. The van der Waals surface area contributed by atoms with Crippen LogP contribution in [0.3, 0.4) is 0 Å². The van der Waals surface area contributed by atoms with Crippen LogP contribution in [0, 0.1) is 12.8 Å². The van der Waals surface area contributed by atoms with Gasteiger partial charge in [-0.05, 0) is 38.5 Å². The second-order valence-corrected chi connectivity index (χ2v) is 7.63. The van der Waals surface area contributed by atoms with Crippen LogP contribution in [0.2, 0.25) is 0 Å². The molecule has 0 radical (unpaired) electrons. The lowest BCUT2D eigenvalue weighted by atomic mass is 9.95. The molecule has 2 saturated heterocycles. The first-order chi connectivity index (χ1) is 13.3. The molecule has 10 heteroatoms. The molecule has 2 aliphatic rings. The molecule has 0 atom stereocenters. The quantitative estimate of drug-likeness (QED) is 0.798. The van der Waals surface area contributed by atoms with Crippen LogP contribution in [-0.4, -0.2) is 56.6 Å². The third-order valence-electron chi connectivity index (χ3n) is 5.51. The number of aromatic nitrogens is 4. The number of hydrogen-bond donors (Lipinski definition) is 0. The molecule has 0 aliphatic carbocycles. The van der Waals surface area contributed by atoms with Gasteiger partial charge in [-0.3, -0.25) is 4.79 Å². The monoisotopic (exact) mass is 396 g/mol. The van der Waals surface area contributed by atoms with E-state index in [1.54, 1.807) is 13.0 Å². The van der Waals surface area contributed by atoms with E-state index in [-0.39, 0.29) is 11.7 Å². The fraction of sp³-hybridized carbons (Fsp3) is 0.667. The van der Waals surface area contributed by atoms with Gasteiger partial charge in [0.05, 0.1) is 0 Å². The average Bonchev–Trinajstić information content (AvgIpc) is 3.08. The lowest BCUT2D eigenvalue weighted by Gasteiger charge is -2.37. The molecule has 2 aromatic rings. The highest BCUT2D eigenvalue weighted by Crippen LogP contribution is 2.29. The molecule has 1 amide bonds. The van der Waals surface area contributed by atoms with Crippen LogP contribution in [0.5, 0.6) is 0 Å². The van der Waals surface area contributed by atoms with Gasteiger partial charge in [-0.1, -0.05) is 0 Å². The maximum absolute atomic E-state index is 13.0. The number of amides is 1. The Kier molecular flexibility index (Phi) is 4.88. The first-order valence-electron chi connectivity index (χ1n) is 9.65. The molecule has 152 valence electrons. The average molecular weight is 396 g/mol. The maximum Gasteiger partial charge on any atom is 0.453 e. The zero-order chi connectivity index (χ0) is 19.9. The molecule has 28 heavy (non-hydrogen) atoms. The van der Waals surface area contributed by atoms with Crippen molar-refractivity contribution in [2.75, 3.05) is 31.1 Å². The normalized spacial score (nSPS) is 19.6. The van der Waals surface area contributed by atoms with Gasteiger partial charge >= 0.3 is 6.18 Å². The largest absolute Gasteiger partial charge is 0.453 e. The fourth-order valence-electron chi connectivity index (χ4n) is 4.02. The van der Waals surface area contributed by atoms with E-state index in [1.807, 2.05) is 9.80 Å². The fourth-order valence-corrected chi connectivity index (χ4v) is 4.02. The number of rotatable bonds is 3. The zero-order valence-electron chi connectivity index (χ0n) is 15.7. The van der Waals surface area contributed by atoms with Crippen LogP contribution in [-0.2, 0) is 11.0 Å². The number of halogens is 3. The molecular formula is C18H23F3N6O. The van der Waals surface area contributed by atoms with Crippen LogP contribution in [0.25, 0.3) is 5.78 Å². The van der Waals surface area contributed by atoms with Gasteiger partial charge in [0, 0.05) is 44.4 Å². The summed E-state index contributed by atoms with van der Waals surface area (Å²) in [6.45, 7) is 4.75. The number of anilines is 1. The number of aryl methyl sites for hydroxylation is 1. The van der Waals surface area contributed by atoms with Crippen LogP contribution in [0.1, 0.15) is 43.6 Å². The Morgan fingerprint density at radius 1 is 1.14 bits per heavy atom. The van der Waals surface area contributed by atoms with Crippen molar-refractivity contribution in [3.63, 3.8) is 0 Å². The molecule has 0 N–H and O–H groups in total. The van der Waals surface area contributed by atoms with E-state index >= 15 is 0 Å². The molecule has 2 fully saturated rings. The van der Waals surface area contributed by atoms with Crippen LogP contribution < -0.4 is 4.90 Å². The molecule has 0 unspecified atom stereocenters. The molecule has 4 heterocycles. The first kappa shape index (κ1) is 18.9.